The van der Waals surface area contributed by atoms with Gasteiger partial charge in [-0.15, -0.1) is 6.58 Å². The molecule has 1 aromatic carbocycles. The monoisotopic (exact) mass is 497 g/mol. The molecule has 1 unspecified atom stereocenters. The molecule has 1 atom stereocenters. The summed E-state index contributed by atoms with van der Waals surface area (Å²) in [6.07, 6.45) is 2.44. The maximum Gasteiger partial charge on any atom is 0.338 e. The van der Waals surface area contributed by atoms with Crippen LogP contribution in [0.25, 0.3) is 0 Å². The number of hydrogen-bond acceptors (Lipinski definition) is 5. The number of nitrogens with one attached hydrogen (secondary N) is 2. The zero-order valence-corrected chi connectivity index (χ0v) is 21.9. The summed E-state index contributed by atoms with van der Waals surface area (Å²) in [6, 6.07) is 6.89. The second kappa shape index (κ2) is 12.6. The summed E-state index contributed by atoms with van der Waals surface area (Å²) >= 11 is 0. The highest BCUT2D eigenvalue weighted by Gasteiger charge is 2.38. The predicted molar refractivity (Wildman–Crippen MR) is 139 cm³/mol. The van der Waals surface area contributed by atoms with Crippen LogP contribution in [0.3, 0.4) is 0 Å². The third-order valence-electron chi connectivity index (χ3n) is 6.28. The van der Waals surface area contributed by atoms with Gasteiger partial charge in [0.1, 0.15) is 0 Å². The van der Waals surface area contributed by atoms with Crippen molar-refractivity contribution < 1.29 is 19.1 Å². The number of nitrogens with zero attached hydrogens (tertiary/aromatic N) is 3. The molecule has 2 aliphatic heterocycles. The molecule has 4 amide bonds. The summed E-state index contributed by atoms with van der Waals surface area (Å²) in [5.41, 5.74) is 2.91. The number of ether oxygens (including phenoxy) is 1. The number of amides is 4. The first-order valence-corrected chi connectivity index (χ1v) is 12.7. The fourth-order valence-electron chi connectivity index (χ4n) is 4.63. The first-order valence-electron chi connectivity index (χ1n) is 12.7. The van der Waals surface area contributed by atoms with Crippen molar-refractivity contribution in [3.8, 4) is 0 Å². The number of rotatable bonds is 8. The molecule has 9 nitrogen and oxygen atoms in total. The van der Waals surface area contributed by atoms with Crippen LogP contribution in [0.15, 0.2) is 48.2 Å². The van der Waals surface area contributed by atoms with Crippen molar-refractivity contribution in [3.63, 3.8) is 0 Å². The van der Waals surface area contributed by atoms with E-state index in [-0.39, 0.29) is 31.3 Å². The normalized spacial score (nSPS) is 19.1. The summed E-state index contributed by atoms with van der Waals surface area (Å²) in [5.74, 6) is -0.444. The number of aryl methyl sites for hydroxylation is 1. The molecule has 1 saturated heterocycles. The van der Waals surface area contributed by atoms with Gasteiger partial charge in [0.2, 0.25) is 0 Å². The molecule has 0 aromatic heterocycles. The summed E-state index contributed by atoms with van der Waals surface area (Å²) in [5, 5.41) is 5.96. The maximum absolute atomic E-state index is 13.3. The largest absolute Gasteiger partial charge is 0.463 e. The fourth-order valence-corrected chi connectivity index (χ4v) is 4.63. The van der Waals surface area contributed by atoms with Crippen molar-refractivity contribution >= 4 is 18.0 Å². The van der Waals surface area contributed by atoms with Crippen molar-refractivity contribution in [2.24, 2.45) is 0 Å². The zero-order chi connectivity index (χ0) is 26.2. The highest BCUT2D eigenvalue weighted by Crippen LogP contribution is 2.32. The number of hydrogen-bond donors (Lipinski definition) is 2. The first kappa shape index (κ1) is 27.3. The van der Waals surface area contributed by atoms with Crippen LogP contribution in [0.1, 0.15) is 44.4 Å². The van der Waals surface area contributed by atoms with Crippen LogP contribution in [0.4, 0.5) is 9.59 Å². The minimum absolute atomic E-state index is 0.0666. The highest BCUT2D eigenvalue weighted by atomic mass is 16.5. The van der Waals surface area contributed by atoms with Gasteiger partial charge in [-0.2, -0.15) is 0 Å². The maximum atomic E-state index is 13.3. The number of esters is 1. The number of carbonyl (C=O) groups excluding carboxylic acids is 3. The lowest BCUT2D eigenvalue weighted by atomic mass is 9.93. The lowest BCUT2D eigenvalue weighted by molar-refractivity contribution is -0.139. The minimum Gasteiger partial charge on any atom is -0.463 e. The second-order valence-electron chi connectivity index (χ2n) is 9.50. The van der Waals surface area contributed by atoms with E-state index in [0.29, 0.717) is 37.4 Å². The fraction of sp³-hybridized carbons (Fsp3) is 0.519. The molecule has 0 radical (unpaired) electrons. The van der Waals surface area contributed by atoms with E-state index in [1.165, 1.54) is 0 Å². The van der Waals surface area contributed by atoms with Crippen LogP contribution < -0.4 is 10.6 Å². The Morgan fingerprint density at radius 3 is 2.69 bits per heavy atom. The molecule has 0 saturated carbocycles. The Morgan fingerprint density at radius 2 is 2.03 bits per heavy atom. The van der Waals surface area contributed by atoms with E-state index in [0.717, 1.165) is 24.1 Å². The molecule has 1 fully saturated rings. The lowest BCUT2D eigenvalue weighted by Gasteiger charge is -2.38. The van der Waals surface area contributed by atoms with Gasteiger partial charge in [0, 0.05) is 51.0 Å². The van der Waals surface area contributed by atoms with Crippen molar-refractivity contribution in [2.45, 2.75) is 46.2 Å². The summed E-state index contributed by atoms with van der Waals surface area (Å²) in [4.78, 5) is 44.7. The van der Waals surface area contributed by atoms with Gasteiger partial charge in [0.05, 0.1) is 18.2 Å². The Labute approximate surface area is 214 Å². The van der Waals surface area contributed by atoms with Gasteiger partial charge in [0.25, 0.3) is 0 Å². The van der Waals surface area contributed by atoms with Gasteiger partial charge >= 0.3 is 18.0 Å². The summed E-state index contributed by atoms with van der Waals surface area (Å²) in [7, 11) is 0. The molecule has 2 aliphatic rings. The molecule has 0 spiro atoms. The lowest BCUT2D eigenvalue weighted by Crippen LogP contribution is -2.51. The van der Waals surface area contributed by atoms with Gasteiger partial charge in [-0.25, -0.2) is 14.4 Å². The zero-order valence-electron chi connectivity index (χ0n) is 21.9. The van der Waals surface area contributed by atoms with Crippen LogP contribution >= 0.6 is 0 Å². The SMILES string of the molecule is C=CCN1C(=O)NC(c2cccc(C)c2)C(C(=O)OCC)=C1CN1CCCN(C(=O)NC(C)C)CC1. The van der Waals surface area contributed by atoms with E-state index >= 15 is 0 Å². The molecule has 36 heavy (non-hydrogen) atoms. The van der Waals surface area contributed by atoms with Crippen LogP contribution in [0.2, 0.25) is 0 Å². The molecule has 1 aromatic rings. The van der Waals surface area contributed by atoms with Gasteiger partial charge in [-0.05, 0) is 39.7 Å². The average molecular weight is 498 g/mol. The summed E-state index contributed by atoms with van der Waals surface area (Å²) < 4.78 is 5.47. The predicted octanol–water partition coefficient (Wildman–Crippen LogP) is 3.19. The number of carbonyl (C=O) groups is 3. The van der Waals surface area contributed by atoms with E-state index in [2.05, 4.69) is 22.1 Å². The van der Waals surface area contributed by atoms with Gasteiger partial charge < -0.3 is 20.3 Å². The Hall–Kier alpha value is -3.33. The molecule has 2 heterocycles. The topological polar surface area (TPSA) is 94.2 Å². The van der Waals surface area contributed by atoms with E-state index in [1.54, 1.807) is 17.9 Å². The molecular weight excluding hydrogens is 458 g/mol. The molecule has 2 N–H and O–H groups in total. The van der Waals surface area contributed by atoms with Crippen LogP contribution in [-0.4, -0.2) is 84.6 Å². The smallest absolute Gasteiger partial charge is 0.338 e. The molecule has 196 valence electrons. The van der Waals surface area contributed by atoms with Crippen LogP contribution in [-0.2, 0) is 9.53 Å². The number of benzene rings is 1. The van der Waals surface area contributed by atoms with Crippen LogP contribution in [0, 0.1) is 6.92 Å². The Bertz CT molecular complexity index is 1010. The standard InChI is InChI=1S/C27H39N5O4/c1-6-12-32-22(18-30-13-9-14-31(16-15-30)26(34)28-19(3)4)23(25(33)36-7-2)24(29-27(32)35)21-11-8-10-20(5)17-21/h6,8,10-11,17,19,24H,1,7,9,12-16,18H2,2-5H3,(H,28,34)(H,29,35). The Morgan fingerprint density at radius 1 is 1.25 bits per heavy atom. The molecule has 0 bridgehead atoms. The third-order valence-corrected chi connectivity index (χ3v) is 6.28. The molecule has 3 rings (SSSR count). The van der Waals surface area contributed by atoms with Crippen molar-refractivity contribution in [1.29, 1.82) is 0 Å². The van der Waals surface area contributed by atoms with Crippen molar-refractivity contribution in [3.05, 3.63) is 59.3 Å². The van der Waals surface area contributed by atoms with Gasteiger partial charge in [0.15, 0.2) is 0 Å². The minimum atomic E-state index is -0.618. The highest BCUT2D eigenvalue weighted by molar-refractivity contribution is 5.95. The Balaban J connectivity index is 1.96. The van der Waals surface area contributed by atoms with Crippen molar-refractivity contribution in [2.75, 3.05) is 45.9 Å². The average Bonchev–Trinajstić information content (AvgIpc) is 3.06. The van der Waals surface area contributed by atoms with Crippen LogP contribution in [0.5, 0.6) is 0 Å². The quantitative estimate of drug-likeness (QED) is 0.425. The van der Waals surface area contributed by atoms with E-state index < -0.39 is 12.0 Å². The second-order valence-corrected chi connectivity index (χ2v) is 9.50. The molecule has 0 aliphatic carbocycles. The molecule has 9 heteroatoms. The molecular formula is C27H39N5O4. The van der Waals surface area contributed by atoms with Crippen molar-refractivity contribution in [1.82, 2.24) is 25.3 Å². The first-order chi connectivity index (χ1) is 17.2. The van der Waals surface area contributed by atoms with Gasteiger partial charge in [-0.1, -0.05) is 35.9 Å². The Kier molecular flexibility index (Phi) is 9.52. The van der Waals surface area contributed by atoms with E-state index in [4.69, 9.17) is 4.74 Å². The third kappa shape index (κ3) is 6.66. The van der Waals surface area contributed by atoms with Gasteiger partial charge in [-0.3, -0.25) is 9.80 Å². The van der Waals surface area contributed by atoms with E-state index in [9.17, 15) is 14.4 Å². The van der Waals surface area contributed by atoms with E-state index in [1.807, 2.05) is 49.9 Å². The summed E-state index contributed by atoms with van der Waals surface area (Å²) in [6.45, 7) is 14.9. The number of urea groups is 2.